The molecule has 0 rings (SSSR count). The van der Waals surface area contributed by atoms with Gasteiger partial charge in [-0.05, 0) is 19.3 Å². The Morgan fingerprint density at radius 1 is 0.444 bits per heavy atom. The van der Waals surface area contributed by atoms with Gasteiger partial charge in [0, 0.05) is 6.42 Å². The van der Waals surface area contributed by atoms with E-state index in [2.05, 4.69) is 6.92 Å². The molecule has 0 fully saturated rings. The molecule has 216 valence electrons. The fourth-order valence-corrected chi connectivity index (χ4v) is 5.32. The second-order valence-electron chi connectivity index (χ2n) is 11.6. The zero-order valence-electron chi connectivity index (χ0n) is 24.6. The topological polar surface area (TPSA) is 57.5 Å². The molecule has 0 aromatic heterocycles. The van der Waals surface area contributed by atoms with Gasteiger partial charge in [0.1, 0.15) is 0 Å². The van der Waals surface area contributed by atoms with E-state index in [0.29, 0.717) is 6.42 Å². The molecule has 2 N–H and O–H groups in total. The van der Waals surface area contributed by atoms with Gasteiger partial charge in [-0.15, -0.1) is 0 Å². The van der Waals surface area contributed by atoms with Crippen LogP contribution in [0.25, 0.3) is 0 Å². The van der Waals surface area contributed by atoms with Gasteiger partial charge < -0.3 is 10.2 Å². The summed E-state index contributed by atoms with van der Waals surface area (Å²) in [4.78, 5) is 10.5. The first kappa shape index (κ1) is 35.4. The molecule has 0 saturated carbocycles. The summed E-state index contributed by atoms with van der Waals surface area (Å²) in [5.41, 5.74) is 0. The van der Waals surface area contributed by atoms with Crippen molar-refractivity contribution >= 4 is 5.97 Å². The number of carboxylic acids is 1. The van der Waals surface area contributed by atoms with E-state index < -0.39 is 5.97 Å². The summed E-state index contributed by atoms with van der Waals surface area (Å²) >= 11 is 0. The van der Waals surface area contributed by atoms with Crippen molar-refractivity contribution in [2.45, 2.75) is 206 Å². The minimum Gasteiger partial charge on any atom is -0.481 e. The van der Waals surface area contributed by atoms with Crippen molar-refractivity contribution < 1.29 is 15.0 Å². The summed E-state index contributed by atoms with van der Waals surface area (Å²) in [7, 11) is 0. The van der Waals surface area contributed by atoms with Crippen LogP contribution < -0.4 is 0 Å². The van der Waals surface area contributed by atoms with Crippen LogP contribution in [0.3, 0.4) is 0 Å². The predicted octanol–water partition coefficient (Wildman–Crippen LogP) is 11.2. The van der Waals surface area contributed by atoms with Gasteiger partial charge in [0.25, 0.3) is 0 Å². The Labute approximate surface area is 226 Å². The number of hydrogen-bond acceptors (Lipinski definition) is 2. The maximum absolute atomic E-state index is 10.5. The molecule has 0 spiro atoms. The van der Waals surface area contributed by atoms with Gasteiger partial charge in [-0.25, -0.2) is 0 Å². The minimum atomic E-state index is -0.677. The number of carbonyl (C=O) groups is 1. The van der Waals surface area contributed by atoms with E-state index in [0.717, 1.165) is 38.5 Å². The Balaban J connectivity index is 3.13. The summed E-state index contributed by atoms with van der Waals surface area (Å²) in [6, 6.07) is 0. The highest BCUT2D eigenvalue weighted by atomic mass is 16.4. The molecule has 0 aliphatic rings. The Kier molecular flexibility index (Phi) is 30.2. The molecule has 0 amide bonds. The predicted molar refractivity (Wildman–Crippen MR) is 158 cm³/mol. The molecule has 0 radical (unpaired) electrons. The molecule has 0 aliphatic carbocycles. The average Bonchev–Trinajstić information content (AvgIpc) is 2.86. The van der Waals surface area contributed by atoms with E-state index in [1.165, 1.54) is 148 Å². The number of carboxylic acid groups (broad SMARTS) is 1. The van der Waals surface area contributed by atoms with Crippen LogP contribution in [0.2, 0.25) is 0 Å². The second kappa shape index (κ2) is 30.7. The molecular weight excluding hydrogens is 444 g/mol. The Morgan fingerprint density at radius 2 is 0.694 bits per heavy atom. The average molecular weight is 511 g/mol. The maximum atomic E-state index is 10.5. The van der Waals surface area contributed by atoms with Crippen molar-refractivity contribution in [2.24, 2.45) is 0 Å². The maximum Gasteiger partial charge on any atom is 0.303 e. The standard InChI is InChI=1S/C33H66O3/c1-2-3-4-5-6-7-8-9-10-11-12-13-14-15-16-17-18-20-23-26-29-32(34)30-27-24-21-19-22-25-28-31-33(35)36/h32,34H,2-31H2,1H3,(H,35,36). The number of aliphatic hydroxyl groups excluding tert-OH is 1. The first-order chi connectivity index (χ1) is 17.7. The van der Waals surface area contributed by atoms with Crippen LogP contribution in [0.5, 0.6) is 0 Å². The zero-order valence-corrected chi connectivity index (χ0v) is 24.6. The van der Waals surface area contributed by atoms with E-state index in [1.807, 2.05) is 0 Å². The number of aliphatic hydroxyl groups is 1. The third kappa shape index (κ3) is 31.5. The minimum absolute atomic E-state index is 0.101. The van der Waals surface area contributed by atoms with E-state index >= 15 is 0 Å². The highest BCUT2D eigenvalue weighted by Gasteiger charge is 2.04. The van der Waals surface area contributed by atoms with Crippen molar-refractivity contribution in [2.75, 3.05) is 0 Å². The van der Waals surface area contributed by atoms with Gasteiger partial charge in [-0.2, -0.15) is 0 Å². The summed E-state index contributed by atoms with van der Waals surface area (Å²) in [6.45, 7) is 2.29. The van der Waals surface area contributed by atoms with Crippen LogP contribution in [0.1, 0.15) is 200 Å². The summed E-state index contributed by atoms with van der Waals surface area (Å²) in [5.74, 6) is -0.677. The van der Waals surface area contributed by atoms with Crippen LogP contribution in [0, 0.1) is 0 Å². The molecule has 0 aromatic carbocycles. The third-order valence-electron chi connectivity index (χ3n) is 7.82. The highest BCUT2D eigenvalue weighted by Crippen LogP contribution is 2.17. The Bertz CT molecular complexity index is 423. The van der Waals surface area contributed by atoms with Crippen molar-refractivity contribution in [3.05, 3.63) is 0 Å². The summed E-state index contributed by atoms with van der Waals surface area (Å²) in [6.07, 6.45) is 38.1. The Morgan fingerprint density at radius 3 is 0.972 bits per heavy atom. The fraction of sp³-hybridized carbons (Fsp3) is 0.970. The van der Waals surface area contributed by atoms with Gasteiger partial charge in [0.05, 0.1) is 6.10 Å². The van der Waals surface area contributed by atoms with E-state index in [4.69, 9.17) is 5.11 Å². The van der Waals surface area contributed by atoms with Crippen LogP contribution in [0.4, 0.5) is 0 Å². The van der Waals surface area contributed by atoms with Crippen LogP contribution in [-0.4, -0.2) is 22.3 Å². The lowest BCUT2D eigenvalue weighted by molar-refractivity contribution is -0.137. The molecule has 0 heterocycles. The Hall–Kier alpha value is -0.570. The van der Waals surface area contributed by atoms with E-state index in [1.54, 1.807) is 0 Å². The molecule has 36 heavy (non-hydrogen) atoms. The zero-order chi connectivity index (χ0) is 26.4. The van der Waals surface area contributed by atoms with Crippen LogP contribution in [0.15, 0.2) is 0 Å². The molecule has 3 heteroatoms. The van der Waals surface area contributed by atoms with Crippen LogP contribution in [-0.2, 0) is 4.79 Å². The molecule has 0 saturated heterocycles. The summed E-state index contributed by atoms with van der Waals surface area (Å²) < 4.78 is 0. The number of unbranched alkanes of at least 4 members (excludes halogenated alkanes) is 25. The lowest BCUT2D eigenvalue weighted by Gasteiger charge is -2.10. The van der Waals surface area contributed by atoms with Crippen molar-refractivity contribution in [1.82, 2.24) is 0 Å². The number of aliphatic carboxylic acids is 1. The lowest BCUT2D eigenvalue weighted by Crippen LogP contribution is -2.05. The quantitative estimate of drug-likeness (QED) is 0.0911. The third-order valence-corrected chi connectivity index (χ3v) is 7.82. The molecule has 0 aromatic rings. The van der Waals surface area contributed by atoms with E-state index in [9.17, 15) is 9.90 Å². The fourth-order valence-electron chi connectivity index (χ4n) is 5.32. The van der Waals surface area contributed by atoms with Gasteiger partial charge in [-0.1, -0.05) is 174 Å². The van der Waals surface area contributed by atoms with Gasteiger partial charge in [0.2, 0.25) is 0 Å². The molecular formula is C33H66O3. The highest BCUT2D eigenvalue weighted by molar-refractivity contribution is 5.66. The second-order valence-corrected chi connectivity index (χ2v) is 11.6. The van der Waals surface area contributed by atoms with Crippen molar-refractivity contribution in [1.29, 1.82) is 0 Å². The largest absolute Gasteiger partial charge is 0.481 e. The van der Waals surface area contributed by atoms with Gasteiger partial charge in [-0.3, -0.25) is 4.79 Å². The first-order valence-corrected chi connectivity index (χ1v) is 16.6. The SMILES string of the molecule is CCCCCCCCCCCCCCCCCCCCCCC(O)CCCCCCCCCC(=O)O. The molecule has 0 bridgehead atoms. The van der Waals surface area contributed by atoms with Crippen molar-refractivity contribution in [3.63, 3.8) is 0 Å². The monoisotopic (exact) mass is 511 g/mol. The van der Waals surface area contributed by atoms with E-state index in [-0.39, 0.29) is 6.10 Å². The number of rotatable bonds is 31. The number of hydrogen-bond donors (Lipinski definition) is 2. The van der Waals surface area contributed by atoms with Gasteiger partial charge >= 0.3 is 5.97 Å². The van der Waals surface area contributed by atoms with Crippen LogP contribution >= 0.6 is 0 Å². The summed E-state index contributed by atoms with van der Waals surface area (Å²) in [5, 5.41) is 18.8. The molecule has 1 atom stereocenters. The normalized spacial score (nSPS) is 12.3. The molecule has 3 nitrogen and oxygen atoms in total. The lowest BCUT2D eigenvalue weighted by atomic mass is 10.0. The first-order valence-electron chi connectivity index (χ1n) is 16.6. The molecule has 1 unspecified atom stereocenters. The molecule has 0 aliphatic heterocycles. The smallest absolute Gasteiger partial charge is 0.303 e. The van der Waals surface area contributed by atoms with Gasteiger partial charge in [0.15, 0.2) is 0 Å². The van der Waals surface area contributed by atoms with Crippen molar-refractivity contribution in [3.8, 4) is 0 Å².